The molecule has 1 unspecified atom stereocenters. The number of hydrogen-bond acceptors (Lipinski definition) is 4. The Morgan fingerprint density at radius 3 is 2.57 bits per heavy atom. The molecule has 5 heteroatoms. The molecule has 0 saturated heterocycles. The van der Waals surface area contributed by atoms with Gasteiger partial charge in [-0.2, -0.15) is 0 Å². The van der Waals surface area contributed by atoms with Gasteiger partial charge in [-0.05, 0) is 18.6 Å². The van der Waals surface area contributed by atoms with Crippen LogP contribution in [0, 0.1) is 5.92 Å². The topological polar surface area (TPSA) is 52.9 Å². The van der Waals surface area contributed by atoms with Crippen LogP contribution < -0.4 is 0 Å². The maximum absolute atomic E-state index is 11.5. The van der Waals surface area contributed by atoms with Crippen molar-refractivity contribution in [3.63, 3.8) is 0 Å². The zero-order valence-corrected chi connectivity index (χ0v) is 9.91. The second-order valence-electron chi connectivity index (χ2n) is 3.55. The van der Waals surface area contributed by atoms with Crippen LogP contribution in [0.15, 0.2) is 5.16 Å². The number of carbonyl (C=O) groups is 1. The minimum absolute atomic E-state index is 0.0477. The summed E-state index contributed by atoms with van der Waals surface area (Å²) in [6, 6.07) is 0. The molecule has 0 saturated carbocycles. The van der Waals surface area contributed by atoms with Crippen molar-refractivity contribution in [2.75, 3.05) is 12.8 Å². The van der Waals surface area contributed by atoms with Gasteiger partial charge in [0.2, 0.25) is 5.91 Å². The number of thioether (sulfide) groups is 1. The third kappa shape index (κ3) is 5.11. The fourth-order valence-corrected chi connectivity index (χ4v) is 1.81. The van der Waals surface area contributed by atoms with Crippen molar-refractivity contribution < 1.29 is 10.0 Å². The molecule has 1 atom stereocenters. The summed E-state index contributed by atoms with van der Waals surface area (Å²) in [5, 5.41) is 11.0. The molecule has 14 heavy (non-hydrogen) atoms. The highest BCUT2D eigenvalue weighted by Gasteiger charge is 2.16. The van der Waals surface area contributed by atoms with E-state index in [9.17, 15) is 4.79 Å². The van der Waals surface area contributed by atoms with E-state index in [1.54, 1.807) is 18.8 Å². The Kier molecular flexibility index (Phi) is 6.36. The second-order valence-corrected chi connectivity index (χ2v) is 4.92. The van der Waals surface area contributed by atoms with Gasteiger partial charge in [0.05, 0.1) is 5.25 Å². The fraction of sp³-hybridized carbons (Fsp3) is 0.778. The summed E-state index contributed by atoms with van der Waals surface area (Å²) >= 11 is 1.61. The third-order valence-corrected chi connectivity index (χ3v) is 3.16. The lowest BCUT2D eigenvalue weighted by atomic mass is 10.3. The van der Waals surface area contributed by atoms with E-state index in [-0.39, 0.29) is 11.2 Å². The van der Waals surface area contributed by atoms with Gasteiger partial charge in [-0.3, -0.25) is 4.79 Å². The molecule has 0 bridgehead atoms. The zero-order valence-electron chi connectivity index (χ0n) is 9.10. The molecule has 0 aromatic rings. The van der Waals surface area contributed by atoms with Crippen LogP contribution in [0.25, 0.3) is 0 Å². The maximum Gasteiger partial charge on any atom is 0.240 e. The van der Waals surface area contributed by atoms with Crippen molar-refractivity contribution in [3.05, 3.63) is 0 Å². The van der Waals surface area contributed by atoms with Crippen molar-refractivity contribution >= 4 is 24.0 Å². The highest BCUT2D eigenvalue weighted by molar-refractivity contribution is 8.00. The fourth-order valence-electron chi connectivity index (χ4n) is 0.829. The van der Waals surface area contributed by atoms with Crippen LogP contribution in [-0.2, 0) is 4.79 Å². The SMILES string of the molecule is CC(C)CSC(C)C(=O)N(C)C=NO. The first kappa shape index (κ1) is 13.3. The summed E-state index contributed by atoms with van der Waals surface area (Å²) in [4.78, 5) is 12.8. The lowest BCUT2D eigenvalue weighted by molar-refractivity contribution is -0.125. The average Bonchev–Trinajstić information content (AvgIpc) is 2.13. The predicted molar refractivity (Wildman–Crippen MR) is 59.8 cm³/mol. The summed E-state index contributed by atoms with van der Waals surface area (Å²) in [5.41, 5.74) is 0. The minimum Gasteiger partial charge on any atom is -0.410 e. The first-order valence-electron chi connectivity index (χ1n) is 4.54. The molecule has 0 aromatic heterocycles. The molecule has 0 spiro atoms. The van der Waals surface area contributed by atoms with Crippen LogP contribution in [0.5, 0.6) is 0 Å². The molecule has 0 aromatic carbocycles. The number of nitrogens with zero attached hydrogens (tertiary/aromatic N) is 2. The molecule has 82 valence electrons. The van der Waals surface area contributed by atoms with Gasteiger partial charge in [0.1, 0.15) is 6.34 Å². The predicted octanol–water partition coefficient (Wildman–Crippen LogP) is 1.64. The minimum atomic E-state index is -0.0969. The summed E-state index contributed by atoms with van der Waals surface area (Å²) in [6.07, 6.45) is 1.11. The summed E-state index contributed by atoms with van der Waals surface area (Å²) in [7, 11) is 1.58. The molecule has 1 amide bonds. The second kappa shape index (κ2) is 6.70. The van der Waals surface area contributed by atoms with Gasteiger partial charge in [0.25, 0.3) is 0 Å². The van der Waals surface area contributed by atoms with E-state index in [1.165, 1.54) is 4.90 Å². The Hall–Kier alpha value is -0.710. The highest BCUT2D eigenvalue weighted by atomic mass is 32.2. The van der Waals surface area contributed by atoms with Crippen LogP contribution in [-0.4, -0.2) is 40.4 Å². The number of amides is 1. The molecule has 0 rings (SSSR count). The first-order chi connectivity index (χ1) is 6.49. The largest absolute Gasteiger partial charge is 0.410 e. The van der Waals surface area contributed by atoms with E-state index in [4.69, 9.17) is 5.21 Å². The molecule has 1 N–H and O–H groups in total. The van der Waals surface area contributed by atoms with E-state index in [0.717, 1.165) is 12.1 Å². The van der Waals surface area contributed by atoms with Crippen molar-refractivity contribution in [2.45, 2.75) is 26.0 Å². The van der Waals surface area contributed by atoms with Crippen molar-refractivity contribution in [1.29, 1.82) is 0 Å². The van der Waals surface area contributed by atoms with Gasteiger partial charge < -0.3 is 10.1 Å². The summed E-state index contributed by atoms with van der Waals surface area (Å²) < 4.78 is 0. The van der Waals surface area contributed by atoms with Gasteiger partial charge in [-0.1, -0.05) is 19.0 Å². The molecule has 0 aliphatic heterocycles. The molecule has 0 radical (unpaired) electrons. The van der Waals surface area contributed by atoms with Gasteiger partial charge in [0, 0.05) is 7.05 Å². The maximum atomic E-state index is 11.5. The van der Waals surface area contributed by atoms with E-state index in [1.807, 2.05) is 6.92 Å². The van der Waals surface area contributed by atoms with Crippen LogP contribution in [0.1, 0.15) is 20.8 Å². The van der Waals surface area contributed by atoms with Crippen LogP contribution in [0.3, 0.4) is 0 Å². The van der Waals surface area contributed by atoms with Crippen molar-refractivity contribution in [1.82, 2.24) is 4.90 Å². The third-order valence-electron chi connectivity index (χ3n) is 1.60. The van der Waals surface area contributed by atoms with E-state index in [2.05, 4.69) is 19.0 Å². The number of oxime groups is 1. The lowest BCUT2D eigenvalue weighted by Gasteiger charge is -2.16. The van der Waals surface area contributed by atoms with Crippen LogP contribution in [0.4, 0.5) is 0 Å². The molecule has 0 aliphatic carbocycles. The van der Waals surface area contributed by atoms with E-state index in [0.29, 0.717) is 5.92 Å². The van der Waals surface area contributed by atoms with Gasteiger partial charge >= 0.3 is 0 Å². The molecule has 0 aliphatic rings. The Balaban J connectivity index is 3.98. The lowest BCUT2D eigenvalue weighted by Crippen LogP contribution is -2.32. The Bertz CT molecular complexity index is 207. The molecule has 4 nitrogen and oxygen atoms in total. The summed E-state index contributed by atoms with van der Waals surface area (Å²) in [6.45, 7) is 6.09. The quantitative estimate of drug-likeness (QED) is 0.330. The molecule has 0 heterocycles. The standard InChI is InChI=1S/C9H18N2O2S/c1-7(2)5-14-8(3)9(12)11(4)6-10-13/h6-8,13H,5H2,1-4H3. The zero-order chi connectivity index (χ0) is 11.1. The van der Waals surface area contributed by atoms with Gasteiger partial charge in [-0.25, -0.2) is 0 Å². The smallest absolute Gasteiger partial charge is 0.240 e. The van der Waals surface area contributed by atoms with E-state index < -0.39 is 0 Å². The van der Waals surface area contributed by atoms with Gasteiger partial charge in [0.15, 0.2) is 0 Å². The first-order valence-corrected chi connectivity index (χ1v) is 5.59. The average molecular weight is 218 g/mol. The van der Waals surface area contributed by atoms with Crippen molar-refractivity contribution in [3.8, 4) is 0 Å². The summed E-state index contributed by atoms with van der Waals surface area (Å²) in [5.74, 6) is 1.48. The number of carbonyl (C=O) groups excluding carboxylic acids is 1. The number of rotatable bonds is 5. The van der Waals surface area contributed by atoms with Crippen molar-refractivity contribution in [2.24, 2.45) is 11.1 Å². The van der Waals surface area contributed by atoms with E-state index >= 15 is 0 Å². The normalized spacial score (nSPS) is 13.5. The monoisotopic (exact) mass is 218 g/mol. The Morgan fingerprint density at radius 1 is 1.57 bits per heavy atom. The molecule has 0 fully saturated rings. The van der Waals surface area contributed by atoms with Gasteiger partial charge in [-0.15, -0.1) is 11.8 Å². The highest BCUT2D eigenvalue weighted by Crippen LogP contribution is 2.15. The van der Waals surface area contributed by atoms with Crippen LogP contribution >= 0.6 is 11.8 Å². The Morgan fingerprint density at radius 2 is 2.14 bits per heavy atom. The number of hydrogen-bond donors (Lipinski definition) is 1. The van der Waals surface area contributed by atoms with Crippen LogP contribution in [0.2, 0.25) is 0 Å². The molecular formula is C9H18N2O2S. The molecular weight excluding hydrogens is 200 g/mol. The Labute approximate surface area is 89.3 Å².